The van der Waals surface area contributed by atoms with E-state index in [-0.39, 0.29) is 11.7 Å². The molecule has 1 aliphatic rings. The molecule has 0 aliphatic carbocycles. The van der Waals surface area contributed by atoms with E-state index in [0.717, 1.165) is 5.56 Å². The molecule has 1 aromatic rings. The fraction of sp³-hybridized carbons (Fsp3) is 0.417. The standard InChI is InChI=1S/C12H14FNO2/c1-8-2-3-9(4-11(8)13)5-14-6-10(7-14)12(15)16/h2-4,10H,5-7H2,1H3,(H,15,16). The van der Waals surface area contributed by atoms with Gasteiger partial charge in [-0.1, -0.05) is 12.1 Å². The summed E-state index contributed by atoms with van der Waals surface area (Å²) in [5.41, 5.74) is 1.53. The minimum Gasteiger partial charge on any atom is -0.481 e. The highest BCUT2D eigenvalue weighted by atomic mass is 19.1. The molecule has 0 atom stereocenters. The van der Waals surface area contributed by atoms with Gasteiger partial charge in [0.2, 0.25) is 0 Å². The first-order chi connectivity index (χ1) is 7.56. The van der Waals surface area contributed by atoms with E-state index in [1.165, 1.54) is 6.07 Å². The number of aryl methyl sites for hydroxylation is 1. The highest BCUT2D eigenvalue weighted by Crippen LogP contribution is 2.19. The molecule has 4 heteroatoms. The number of aliphatic carboxylic acids is 1. The summed E-state index contributed by atoms with van der Waals surface area (Å²) in [4.78, 5) is 12.6. The topological polar surface area (TPSA) is 40.5 Å². The van der Waals surface area contributed by atoms with E-state index in [2.05, 4.69) is 0 Å². The summed E-state index contributed by atoms with van der Waals surface area (Å²) in [5, 5.41) is 8.71. The van der Waals surface area contributed by atoms with Crippen molar-refractivity contribution in [1.82, 2.24) is 4.90 Å². The van der Waals surface area contributed by atoms with E-state index in [4.69, 9.17) is 5.11 Å². The average molecular weight is 223 g/mol. The van der Waals surface area contributed by atoms with E-state index < -0.39 is 5.97 Å². The number of rotatable bonds is 3. The zero-order valence-electron chi connectivity index (χ0n) is 9.11. The van der Waals surface area contributed by atoms with E-state index >= 15 is 0 Å². The summed E-state index contributed by atoms with van der Waals surface area (Å²) in [6, 6.07) is 5.15. The first-order valence-corrected chi connectivity index (χ1v) is 5.26. The molecule has 0 bridgehead atoms. The van der Waals surface area contributed by atoms with E-state index in [9.17, 15) is 9.18 Å². The lowest BCUT2D eigenvalue weighted by Gasteiger charge is -2.36. The lowest BCUT2D eigenvalue weighted by molar-refractivity contribution is -0.147. The van der Waals surface area contributed by atoms with Gasteiger partial charge in [-0.25, -0.2) is 4.39 Å². The van der Waals surface area contributed by atoms with Crippen molar-refractivity contribution in [3.63, 3.8) is 0 Å². The van der Waals surface area contributed by atoms with Crippen molar-refractivity contribution in [2.45, 2.75) is 13.5 Å². The SMILES string of the molecule is Cc1ccc(CN2CC(C(=O)O)C2)cc1F. The Labute approximate surface area is 93.5 Å². The Hall–Kier alpha value is -1.42. The van der Waals surface area contributed by atoms with Gasteiger partial charge < -0.3 is 5.11 Å². The highest BCUT2D eigenvalue weighted by Gasteiger charge is 2.32. The van der Waals surface area contributed by atoms with Gasteiger partial charge >= 0.3 is 5.97 Å². The first kappa shape index (κ1) is 11.1. The van der Waals surface area contributed by atoms with Crippen molar-refractivity contribution in [1.29, 1.82) is 0 Å². The Balaban J connectivity index is 1.91. The quantitative estimate of drug-likeness (QED) is 0.847. The fourth-order valence-electron chi connectivity index (χ4n) is 1.85. The number of hydrogen-bond acceptors (Lipinski definition) is 2. The molecule has 0 saturated carbocycles. The summed E-state index contributed by atoms with van der Waals surface area (Å²) >= 11 is 0. The molecule has 1 aromatic carbocycles. The van der Waals surface area contributed by atoms with Crippen LogP contribution in [0.2, 0.25) is 0 Å². The maximum Gasteiger partial charge on any atom is 0.309 e. The van der Waals surface area contributed by atoms with Crippen molar-refractivity contribution >= 4 is 5.97 Å². The molecule has 16 heavy (non-hydrogen) atoms. The number of hydrogen-bond donors (Lipinski definition) is 1. The predicted molar refractivity (Wildman–Crippen MR) is 57.5 cm³/mol. The third-order valence-corrected chi connectivity index (χ3v) is 2.95. The molecule has 2 rings (SSSR count). The minimum absolute atomic E-state index is 0.201. The van der Waals surface area contributed by atoms with Crippen LogP contribution in [-0.2, 0) is 11.3 Å². The van der Waals surface area contributed by atoms with Crippen LogP contribution in [0.4, 0.5) is 4.39 Å². The van der Waals surface area contributed by atoms with Gasteiger partial charge in [0.05, 0.1) is 5.92 Å². The Morgan fingerprint density at radius 3 is 2.81 bits per heavy atom. The number of halogens is 1. The molecule has 1 saturated heterocycles. The van der Waals surface area contributed by atoms with E-state index in [1.54, 1.807) is 13.0 Å². The van der Waals surface area contributed by atoms with Crippen LogP contribution in [0, 0.1) is 18.7 Å². The second-order valence-corrected chi connectivity index (χ2v) is 4.31. The fourth-order valence-corrected chi connectivity index (χ4v) is 1.85. The predicted octanol–water partition coefficient (Wildman–Crippen LogP) is 1.65. The summed E-state index contributed by atoms with van der Waals surface area (Å²) in [5.74, 6) is -1.20. The molecule has 1 heterocycles. The maximum atomic E-state index is 13.2. The van der Waals surface area contributed by atoms with Crippen molar-refractivity contribution in [2.75, 3.05) is 13.1 Å². The number of carboxylic acid groups (broad SMARTS) is 1. The third-order valence-electron chi connectivity index (χ3n) is 2.95. The summed E-state index contributed by atoms with van der Waals surface area (Å²) in [7, 11) is 0. The summed E-state index contributed by atoms with van der Waals surface area (Å²) in [6.45, 7) is 3.47. The van der Waals surface area contributed by atoms with Crippen molar-refractivity contribution in [3.8, 4) is 0 Å². The molecule has 0 radical (unpaired) electrons. The number of carbonyl (C=O) groups is 1. The largest absolute Gasteiger partial charge is 0.481 e. The van der Waals surface area contributed by atoms with Crippen LogP contribution in [0.1, 0.15) is 11.1 Å². The Kier molecular flexibility index (Phi) is 2.92. The smallest absolute Gasteiger partial charge is 0.309 e. The van der Waals surface area contributed by atoms with Crippen LogP contribution < -0.4 is 0 Å². The molecule has 0 amide bonds. The number of likely N-dealkylation sites (tertiary alicyclic amines) is 1. The molecule has 3 nitrogen and oxygen atoms in total. The zero-order valence-corrected chi connectivity index (χ0v) is 9.11. The van der Waals surface area contributed by atoms with Crippen LogP contribution in [0.3, 0.4) is 0 Å². The molecule has 0 spiro atoms. The molecule has 1 aliphatic heterocycles. The van der Waals surface area contributed by atoms with Crippen LogP contribution in [0.5, 0.6) is 0 Å². The van der Waals surface area contributed by atoms with Gasteiger partial charge in [-0.3, -0.25) is 9.69 Å². The lowest BCUT2D eigenvalue weighted by atomic mass is 9.99. The normalized spacial score (nSPS) is 17.1. The Morgan fingerprint density at radius 1 is 1.56 bits per heavy atom. The molecular formula is C12H14FNO2. The van der Waals surface area contributed by atoms with Gasteiger partial charge in [0, 0.05) is 19.6 Å². The van der Waals surface area contributed by atoms with Gasteiger partial charge in [0.15, 0.2) is 0 Å². The maximum absolute atomic E-state index is 13.2. The molecule has 1 N–H and O–H groups in total. The molecular weight excluding hydrogens is 209 g/mol. The highest BCUT2D eigenvalue weighted by molar-refractivity contribution is 5.71. The van der Waals surface area contributed by atoms with Gasteiger partial charge in [0.25, 0.3) is 0 Å². The van der Waals surface area contributed by atoms with Crippen molar-refractivity contribution in [3.05, 3.63) is 35.1 Å². The molecule has 0 unspecified atom stereocenters. The average Bonchev–Trinajstić information content (AvgIpc) is 2.15. The molecule has 1 fully saturated rings. The zero-order chi connectivity index (χ0) is 11.7. The van der Waals surface area contributed by atoms with Crippen LogP contribution in [0.15, 0.2) is 18.2 Å². The second-order valence-electron chi connectivity index (χ2n) is 4.31. The lowest BCUT2D eigenvalue weighted by Crippen LogP contribution is -2.49. The van der Waals surface area contributed by atoms with Gasteiger partial charge in [0.1, 0.15) is 5.82 Å². The van der Waals surface area contributed by atoms with Gasteiger partial charge in [-0.05, 0) is 24.1 Å². The number of nitrogens with zero attached hydrogens (tertiary/aromatic N) is 1. The Morgan fingerprint density at radius 2 is 2.25 bits per heavy atom. The van der Waals surface area contributed by atoms with Gasteiger partial charge in [-0.2, -0.15) is 0 Å². The monoisotopic (exact) mass is 223 g/mol. The van der Waals surface area contributed by atoms with Crippen molar-refractivity contribution in [2.24, 2.45) is 5.92 Å². The summed E-state index contributed by atoms with van der Waals surface area (Å²) < 4.78 is 13.2. The van der Waals surface area contributed by atoms with Gasteiger partial charge in [-0.15, -0.1) is 0 Å². The van der Waals surface area contributed by atoms with Crippen molar-refractivity contribution < 1.29 is 14.3 Å². The van der Waals surface area contributed by atoms with E-state index in [1.807, 2.05) is 11.0 Å². The molecule has 86 valence electrons. The van der Waals surface area contributed by atoms with E-state index in [0.29, 0.717) is 25.2 Å². The van der Waals surface area contributed by atoms with Crippen LogP contribution in [0.25, 0.3) is 0 Å². The summed E-state index contributed by atoms with van der Waals surface area (Å²) in [6.07, 6.45) is 0. The van der Waals surface area contributed by atoms with Crippen LogP contribution >= 0.6 is 0 Å². The third kappa shape index (κ3) is 2.22. The van der Waals surface area contributed by atoms with Crippen LogP contribution in [-0.4, -0.2) is 29.1 Å². The first-order valence-electron chi connectivity index (χ1n) is 5.26. The minimum atomic E-state index is -0.744. The second kappa shape index (κ2) is 4.22. The number of carboxylic acids is 1. The Bertz CT molecular complexity index is 413. The number of benzene rings is 1. The molecule has 0 aromatic heterocycles.